The van der Waals surface area contributed by atoms with Crippen molar-refractivity contribution in [3.63, 3.8) is 0 Å². The van der Waals surface area contributed by atoms with Gasteiger partial charge in [-0.3, -0.25) is 6.08 Å². The molecule has 6 aromatic carbocycles. The van der Waals surface area contributed by atoms with Crippen molar-refractivity contribution in [2.45, 2.75) is 88.5 Å². The van der Waals surface area contributed by atoms with Gasteiger partial charge >= 0.3 is 120 Å². The van der Waals surface area contributed by atoms with Crippen LogP contribution in [0.1, 0.15) is 96.2 Å². The quantitative estimate of drug-likeness (QED) is 0.146. The van der Waals surface area contributed by atoms with E-state index in [9.17, 15) is 0 Å². The number of rotatable bonds is 6. The Balaban J connectivity index is 0.000000229. The van der Waals surface area contributed by atoms with Crippen molar-refractivity contribution in [1.29, 1.82) is 0 Å². The topological polar surface area (TPSA) is 0 Å². The summed E-state index contributed by atoms with van der Waals surface area (Å²) in [4.78, 5) is 0. The number of hydrogen-bond acceptors (Lipinski definition) is 0. The average Bonchev–Trinajstić information content (AvgIpc) is 3.79. The molecule has 0 fully saturated rings. The van der Waals surface area contributed by atoms with Gasteiger partial charge in [-0.2, -0.15) is 11.6 Å². The maximum Gasteiger partial charge on any atom is -1.00 e. The molecule has 0 saturated carbocycles. The van der Waals surface area contributed by atoms with Gasteiger partial charge in [-0.25, -0.2) is 6.08 Å². The van der Waals surface area contributed by atoms with E-state index >= 15 is 0 Å². The van der Waals surface area contributed by atoms with Crippen molar-refractivity contribution in [3.8, 4) is 33.4 Å². The monoisotopic (exact) mass is 958 g/mol. The summed E-state index contributed by atoms with van der Waals surface area (Å²) in [7, 11) is 0. The fourth-order valence-corrected chi connectivity index (χ4v) is 9.72. The average molecular weight is 962 g/mol. The molecule has 61 heavy (non-hydrogen) atoms. The second kappa shape index (κ2) is 21.9. The molecule has 2 aliphatic carbocycles. The molecule has 0 amide bonds. The Hall–Kier alpha value is -3.29. The molecule has 8 rings (SSSR count). The normalized spacial score (nSPS) is 13.3. The largest absolute Gasteiger partial charge is 1.00 e. The van der Waals surface area contributed by atoms with E-state index in [4.69, 9.17) is 23.2 Å². The summed E-state index contributed by atoms with van der Waals surface area (Å²) in [6.07, 6.45) is 11.4. The second-order valence-corrected chi connectivity index (χ2v) is 19.4. The fraction of sp³-hybridized carbons (Fsp3) is 0.268. The second-order valence-electron chi connectivity index (χ2n) is 17.3. The third kappa shape index (κ3) is 12.5. The minimum atomic E-state index is 0. The summed E-state index contributed by atoms with van der Waals surface area (Å²) in [6, 6.07) is 40.2. The van der Waals surface area contributed by atoms with Gasteiger partial charge in [-0.1, -0.05) is 133 Å². The molecular formula is C56H56Cl4Zr-2. The Kier molecular flexibility index (Phi) is 18.1. The predicted octanol–water partition coefficient (Wildman–Crippen LogP) is 10.1. The summed E-state index contributed by atoms with van der Waals surface area (Å²) >= 11 is 13.3. The van der Waals surface area contributed by atoms with Crippen molar-refractivity contribution in [1.82, 2.24) is 0 Å². The molecule has 1 unspecified atom stereocenters. The first-order valence-electron chi connectivity index (χ1n) is 20.8. The predicted molar refractivity (Wildman–Crippen MR) is 253 cm³/mol. The van der Waals surface area contributed by atoms with Crippen LogP contribution in [0.25, 0.3) is 33.4 Å². The summed E-state index contributed by atoms with van der Waals surface area (Å²) in [6.45, 7) is 22.2. The minimum absolute atomic E-state index is 0. The fourth-order valence-electron chi connectivity index (χ4n) is 8.57. The first-order chi connectivity index (χ1) is 28.0. The van der Waals surface area contributed by atoms with Crippen LogP contribution in [-0.4, -0.2) is 3.21 Å². The molecule has 0 bridgehead atoms. The van der Waals surface area contributed by atoms with Crippen molar-refractivity contribution >= 4 is 26.4 Å². The minimum Gasteiger partial charge on any atom is -1.00 e. The molecule has 0 saturated heterocycles. The number of allylic oxidation sites excluding steroid dienone is 4. The molecule has 1 atom stereocenters. The van der Waals surface area contributed by atoms with Gasteiger partial charge in [-0.15, -0.1) is 29.3 Å². The van der Waals surface area contributed by atoms with Gasteiger partial charge in [0.05, 0.1) is 0 Å². The van der Waals surface area contributed by atoms with E-state index < -0.39 is 0 Å². The van der Waals surface area contributed by atoms with E-state index in [2.05, 4.69) is 160 Å². The Morgan fingerprint density at radius 2 is 1.20 bits per heavy atom. The molecule has 5 heteroatoms. The molecule has 2 aliphatic rings. The summed E-state index contributed by atoms with van der Waals surface area (Å²) in [5, 5.41) is 1.53. The third-order valence-corrected chi connectivity index (χ3v) is 13.1. The first-order valence-corrected chi connectivity index (χ1v) is 22.8. The Morgan fingerprint density at radius 1 is 0.672 bits per heavy atom. The zero-order chi connectivity index (χ0) is 42.6. The van der Waals surface area contributed by atoms with Gasteiger partial charge in [-0.05, 0) is 75.8 Å². The Morgan fingerprint density at radius 3 is 1.69 bits per heavy atom. The van der Waals surface area contributed by atoms with E-state index in [1.807, 2.05) is 36.4 Å². The van der Waals surface area contributed by atoms with Gasteiger partial charge in [0, 0.05) is 0 Å². The zero-order valence-corrected chi connectivity index (χ0v) is 42.7. The molecule has 0 nitrogen and oxygen atoms in total. The summed E-state index contributed by atoms with van der Waals surface area (Å²) < 4.78 is 1.26. The summed E-state index contributed by atoms with van der Waals surface area (Å²) in [5.41, 5.74) is 22.8. The third-order valence-electron chi connectivity index (χ3n) is 11.2. The number of fused-ring (bicyclic) bond motifs is 3. The molecular weight excluding hydrogens is 906 g/mol. The van der Waals surface area contributed by atoms with Crippen molar-refractivity contribution in [2.75, 3.05) is 0 Å². The number of aryl methyl sites for hydroxylation is 6. The number of halogens is 4. The first kappa shape index (κ1) is 50.4. The maximum absolute atomic E-state index is 5.98. The van der Waals surface area contributed by atoms with Crippen LogP contribution in [0.5, 0.6) is 0 Å². The van der Waals surface area contributed by atoms with Crippen LogP contribution in [0.4, 0.5) is 0 Å². The molecule has 0 spiro atoms. The van der Waals surface area contributed by atoms with Gasteiger partial charge < -0.3 is 24.8 Å². The van der Waals surface area contributed by atoms with Crippen LogP contribution >= 0.6 is 23.2 Å². The van der Waals surface area contributed by atoms with E-state index in [-0.39, 0.29) is 24.8 Å². The van der Waals surface area contributed by atoms with E-state index in [1.54, 1.807) is 0 Å². The van der Waals surface area contributed by atoms with Gasteiger partial charge in [0.15, 0.2) is 0 Å². The SMILES string of the molecule is CCCC1[C-]=CC(C(C)(C)C)=C1.Cc1cc(C)c(-c2[c-]c3c(cc2)-c2ccc(-c4c(C)cc(C)cc4C)cc2C3)c(C)c1.Clc1cccc([C](=[Zr+2])c2cccc(Cl)c2)c1.[Cl-].[Cl-]. The smallest absolute Gasteiger partial charge is 1.00 e. The Bertz CT molecular complexity index is 2390. The van der Waals surface area contributed by atoms with Crippen molar-refractivity contribution in [2.24, 2.45) is 11.3 Å². The van der Waals surface area contributed by atoms with Crippen molar-refractivity contribution < 1.29 is 49.0 Å². The van der Waals surface area contributed by atoms with E-state index in [1.165, 1.54) is 124 Å². The van der Waals surface area contributed by atoms with Crippen LogP contribution in [0.2, 0.25) is 10.0 Å². The molecule has 0 radical (unpaired) electrons. The van der Waals surface area contributed by atoms with Crippen molar-refractivity contribution in [3.05, 3.63) is 199 Å². The van der Waals surface area contributed by atoms with Crippen LogP contribution < -0.4 is 24.8 Å². The number of benzene rings is 6. The van der Waals surface area contributed by atoms with Crippen LogP contribution in [-0.2, 0) is 30.7 Å². The van der Waals surface area contributed by atoms with E-state index in [0.29, 0.717) is 11.3 Å². The van der Waals surface area contributed by atoms with Crippen LogP contribution in [0.15, 0.2) is 121 Å². The molecule has 0 aromatic heterocycles. The molecule has 0 heterocycles. The molecule has 0 aliphatic heterocycles. The van der Waals surface area contributed by atoms with E-state index in [0.717, 1.165) is 27.6 Å². The van der Waals surface area contributed by atoms with Crippen LogP contribution in [0, 0.1) is 65.0 Å². The zero-order valence-electron chi connectivity index (χ0n) is 37.2. The van der Waals surface area contributed by atoms with Gasteiger partial charge in [0.2, 0.25) is 0 Å². The molecule has 6 aromatic rings. The maximum atomic E-state index is 5.98. The van der Waals surface area contributed by atoms with Gasteiger partial charge in [0.1, 0.15) is 0 Å². The Labute approximate surface area is 404 Å². The molecule has 0 N–H and O–H groups in total. The van der Waals surface area contributed by atoms with Gasteiger partial charge in [0.25, 0.3) is 0 Å². The standard InChI is InChI=1S/C31H29.C13H8Cl2.C12H19.2ClH.Zr/c1-18-11-20(3)30(21(4)12-18)24-7-9-28-26(15-24)17-27-16-25(8-10-29(27)28)31-22(5)13-19(2)14-23(31)6;14-12-5-1-3-10(8-12)7-11-4-2-6-13(15)9-11;1-5-6-10-7-8-11(9-10)12(2,3)4;;;/h7-15H,17H2,1-6H3;1-6,8-9H;8-10H,5-6H2,1-4H3;2*1H;/q-1;;-1;;;+2/p-2. The number of hydrogen-bond donors (Lipinski definition) is 0. The molecule has 314 valence electrons. The summed E-state index contributed by atoms with van der Waals surface area (Å²) in [5.74, 6) is 0.587. The van der Waals surface area contributed by atoms with Crippen LogP contribution in [0.3, 0.4) is 0 Å².